The van der Waals surface area contributed by atoms with E-state index in [1.165, 1.54) is 12.1 Å². The molecule has 0 radical (unpaired) electrons. The zero-order chi connectivity index (χ0) is 16.8. The van der Waals surface area contributed by atoms with Gasteiger partial charge in [-0.2, -0.15) is 0 Å². The van der Waals surface area contributed by atoms with Crippen molar-refractivity contribution >= 4 is 5.69 Å². The summed E-state index contributed by atoms with van der Waals surface area (Å²) in [5, 5.41) is 19.3. The van der Waals surface area contributed by atoms with E-state index in [4.69, 9.17) is 0 Å². The van der Waals surface area contributed by atoms with Crippen molar-refractivity contribution < 1.29 is 4.39 Å². The number of nitrogens with one attached hydrogen (secondary N) is 1. The molecule has 0 aliphatic carbocycles. The molecule has 1 N–H and O–H groups in total. The Morgan fingerprint density at radius 2 is 1.50 bits per heavy atom. The number of anilines is 1. The van der Waals surface area contributed by atoms with Crippen LogP contribution in [0.1, 0.15) is 19.8 Å². The highest BCUT2D eigenvalue weighted by Crippen LogP contribution is 2.15. The fourth-order valence-corrected chi connectivity index (χ4v) is 1.98. The molecule has 0 bridgehead atoms. The van der Waals surface area contributed by atoms with Crippen LogP contribution >= 0.6 is 0 Å². The largest absolute Gasteiger partial charge is 0.384 e. The van der Waals surface area contributed by atoms with E-state index in [-0.39, 0.29) is 5.82 Å². The highest BCUT2D eigenvalue weighted by Gasteiger charge is 2.08. The molecule has 24 heavy (non-hydrogen) atoms. The van der Waals surface area contributed by atoms with Gasteiger partial charge in [0.15, 0.2) is 0 Å². The molecular weight excluding hydrogens is 309 g/mol. The Morgan fingerprint density at radius 1 is 0.875 bits per heavy atom. The van der Waals surface area contributed by atoms with Crippen LogP contribution in [0.5, 0.6) is 0 Å². The Balaban J connectivity index is 1.72. The molecule has 3 aromatic heterocycles. The van der Waals surface area contributed by atoms with Crippen LogP contribution in [0.3, 0.4) is 0 Å². The Morgan fingerprint density at radius 3 is 2.00 bits per heavy atom. The third-order valence-corrected chi connectivity index (χ3v) is 3.29. The number of pyridine rings is 2. The first-order valence-electron chi connectivity index (χ1n) is 7.66. The summed E-state index contributed by atoms with van der Waals surface area (Å²) in [6.45, 7) is 3.06. The van der Waals surface area contributed by atoms with Gasteiger partial charge in [-0.3, -0.25) is 4.98 Å². The molecule has 0 fully saturated rings. The van der Waals surface area contributed by atoms with Gasteiger partial charge in [0.25, 0.3) is 0 Å². The molecule has 0 atom stereocenters. The summed E-state index contributed by atoms with van der Waals surface area (Å²) in [6.07, 6.45) is 5.07. The van der Waals surface area contributed by atoms with Crippen molar-refractivity contribution in [2.24, 2.45) is 0 Å². The van der Waals surface area contributed by atoms with Gasteiger partial charge >= 0.3 is 0 Å². The molecule has 0 saturated carbocycles. The van der Waals surface area contributed by atoms with Crippen LogP contribution in [0, 0.1) is 5.82 Å². The fraction of sp³-hybridized carbons (Fsp3) is 0.250. The molecule has 3 aromatic rings. The predicted octanol–water partition coefficient (Wildman–Crippen LogP) is 2.74. The van der Waals surface area contributed by atoms with Crippen molar-refractivity contribution in [3.63, 3.8) is 0 Å². The van der Waals surface area contributed by atoms with E-state index in [0.29, 0.717) is 17.2 Å². The Labute approximate surface area is 138 Å². The fourth-order valence-electron chi connectivity index (χ4n) is 1.98. The summed E-state index contributed by atoms with van der Waals surface area (Å²) < 4.78 is 12.9. The van der Waals surface area contributed by atoms with Gasteiger partial charge < -0.3 is 5.32 Å². The van der Waals surface area contributed by atoms with Gasteiger partial charge in [-0.1, -0.05) is 13.3 Å². The molecule has 0 aromatic carbocycles. The first kappa shape index (κ1) is 15.9. The number of rotatable bonds is 6. The topological polar surface area (TPSA) is 89.4 Å². The van der Waals surface area contributed by atoms with E-state index in [2.05, 4.69) is 42.6 Å². The van der Waals surface area contributed by atoms with Gasteiger partial charge in [-0.15, -0.1) is 20.4 Å². The summed E-state index contributed by atoms with van der Waals surface area (Å²) >= 11 is 0. The molecule has 8 heteroatoms. The van der Waals surface area contributed by atoms with E-state index >= 15 is 0 Å². The number of hydrogen-bond donors (Lipinski definition) is 1. The van der Waals surface area contributed by atoms with Crippen LogP contribution in [-0.4, -0.2) is 36.9 Å². The smallest absolute Gasteiger partial charge is 0.221 e. The van der Waals surface area contributed by atoms with E-state index in [0.717, 1.165) is 31.3 Å². The molecule has 7 nitrogen and oxygen atoms in total. The van der Waals surface area contributed by atoms with Crippen molar-refractivity contribution in [3.8, 4) is 23.0 Å². The molecule has 0 unspecified atom stereocenters. The van der Waals surface area contributed by atoms with Crippen LogP contribution < -0.4 is 5.32 Å². The Kier molecular flexibility index (Phi) is 4.95. The Hall–Kier alpha value is -3.03. The molecule has 0 aliphatic heterocycles. The minimum absolute atomic E-state index is 0.233. The number of aromatic nitrogens is 6. The summed E-state index contributed by atoms with van der Waals surface area (Å²) in [4.78, 5) is 8.20. The lowest BCUT2D eigenvalue weighted by atomic mass is 10.3. The second-order valence-corrected chi connectivity index (χ2v) is 5.12. The molecule has 0 spiro atoms. The lowest BCUT2D eigenvalue weighted by Gasteiger charge is -2.05. The van der Waals surface area contributed by atoms with Crippen molar-refractivity contribution in [3.05, 3.63) is 42.5 Å². The normalized spacial score (nSPS) is 10.6. The van der Waals surface area contributed by atoms with E-state index in [1.807, 2.05) is 12.1 Å². The minimum atomic E-state index is -0.423. The molecule has 0 saturated heterocycles. The summed E-state index contributed by atoms with van der Waals surface area (Å²) in [6, 6.07) is 6.48. The van der Waals surface area contributed by atoms with Crippen molar-refractivity contribution in [1.29, 1.82) is 0 Å². The number of hydrogen-bond acceptors (Lipinski definition) is 7. The first-order chi connectivity index (χ1) is 11.8. The third kappa shape index (κ3) is 3.83. The summed E-state index contributed by atoms with van der Waals surface area (Å²) in [5.41, 5.74) is 1.93. The predicted molar refractivity (Wildman–Crippen MR) is 87.4 cm³/mol. The van der Waals surface area contributed by atoms with Crippen molar-refractivity contribution in [2.45, 2.75) is 19.8 Å². The van der Waals surface area contributed by atoms with Gasteiger partial charge in [-0.05, 0) is 30.7 Å². The first-order valence-corrected chi connectivity index (χ1v) is 7.66. The van der Waals surface area contributed by atoms with Crippen LogP contribution in [0.2, 0.25) is 0 Å². The van der Waals surface area contributed by atoms with Gasteiger partial charge in [0.05, 0.1) is 18.1 Å². The lowest BCUT2D eigenvalue weighted by molar-refractivity contribution is 0.621. The highest BCUT2D eigenvalue weighted by atomic mass is 19.1. The maximum absolute atomic E-state index is 12.9. The van der Waals surface area contributed by atoms with E-state index in [1.54, 1.807) is 6.20 Å². The van der Waals surface area contributed by atoms with E-state index < -0.39 is 5.82 Å². The number of nitrogens with zero attached hydrogens (tertiary/aromatic N) is 6. The quantitative estimate of drug-likeness (QED) is 0.697. The molecule has 3 rings (SSSR count). The monoisotopic (exact) mass is 325 g/mol. The average molecular weight is 325 g/mol. The number of halogens is 1. The molecule has 0 aliphatic rings. The van der Waals surface area contributed by atoms with E-state index in [9.17, 15) is 4.39 Å². The standard InChI is InChI=1S/C16H16FN7/c1-2-3-8-18-12-5-7-14(20-10-12)16-23-21-15(22-24-16)13-6-4-11(17)9-19-13/h4-7,9-10,18H,2-3,8H2,1H3. The second-order valence-electron chi connectivity index (χ2n) is 5.12. The van der Waals surface area contributed by atoms with Gasteiger partial charge in [0, 0.05) is 6.54 Å². The zero-order valence-corrected chi connectivity index (χ0v) is 13.1. The van der Waals surface area contributed by atoms with Gasteiger partial charge in [-0.25, -0.2) is 9.37 Å². The second kappa shape index (κ2) is 7.49. The van der Waals surface area contributed by atoms with Crippen LogP contribution in [0.15, 0.2) is 36.7 Å². The third-order valence-electron chi connectivity index (χ3n) is 3.29. The summed E-state index contributed by atoms with van der Waals surface area (Å²) in [5.74, 6) is 0.130. The lowest BCUT2D eigenvalue weighted by Crippen LogP contribution is -2.03. The number of unbranched alkanes of at least 4 members (excludes halogenated alkanes) is 1. The molecule has 122 valence electrons. The van der Waals surface area contributed by atoms with Crippen LogP contribution in [0.4, 0.5) is 10.1 Å². The van der Waals surface area contributed by atoms with Crippen LogP contribution in [0.25, 0.3) is 23.0 Å². The van der Waals surface area contributed by atoms with Crippen molar-refractivity contribution in [1.82, 2.24) is 30.4 Å². The SMILES string of the molecule is CCCCNc1ccc(-c2nnc(-c3ccc(F)cn3)nn2)nc1. The molecule has 0 amide bonds. The maximum Gasteiger partial charge on any atom is 0.221 e. The maximum atomic E-state index is 12.9. The molecule has 3 heterocycles. The van der Waals surface area contributed by atoms with Crippen molar-refractivity contribution in [2.75, 3.05) is 11.9 Å². The zero-order valence-electron chi connectivity index (χ0n) is 13.1. The highest BCUT2D eigenvalue weighted by molar-refractivity contribution is 5.54. The summed E-state index contributed by atoms with van der Waals surface area (Å²) in [7, 11) is 0. The van der Waals surface area contributed by atoms with Gasteiger partial charge in [0.1, 0.15) is 17.2 Å². The van der Waals surface area contributed by atoms with Crippen LogP contribution in [-0.2, 0) is 0 Å². The minimum Gasteiger partial charge on any atom is -0.384 e. The molecular formula is C16H16FN7. The average Bonchev–Trinajstić information content (AvgIpc) is 2.63. The Bertz CT molecular complexity index is 773. The van der Waals surface area contributed by atoms with Gasteiger partial charge in [0.2, 0.25) is 11.6 Å².